The minimum Gasteiger partial charge on any atom is -0.383 e. The summed E-state index contributed by atoms with van der Waals surface area (Å²) in [6, 6.07) is 12.7. The second kappa shape index (κ2) is 10.5. The number of hydrogen-bond donors (Lipinski definition) is 3. The average Bonchev–Trinajstić information content (AvgIpc) is 3.19. The number of anilines is 2. The van der Waals surface area contributed by atoms with Gasteiger partial charge in [-0.05, 0) is 36.4 Å². The Kier molecular flexibility index (Phi) is 7.71. The summed E-state index contributed by atoms with van der Waals surface area (Å²) in [6.07, 6.45) is 1.60. The Morgan fingerprint density at radius 3 is 2.66 bits per heavy atom. The molecular weight excluding hydrogens is 428 g/mol. The van der Waals surface area contributed by atoms with Gasteiger partial charge >= 0.3 is 6.03 Å². The van der Waals surface area contributed by atoms with Gasteiger partial charge in [-0.25, -0.2) is 14.5 Å². The smallest absolute Gasteiger partial charge is 0.319 e. The summed E-state index contributed by atoms with van der Waals surface area (Å²) in [4.78, 5) is 16.7. The second-order valence-electron chi connectivity index (χ2n) is 8.32. The topological polar surface area (TPSA) is 93.1 Å². The zero-order valence-corrected chi connectivity index (χ0v) is 19.5. The van der Waals surface area contributed by atoms with E-state index in [1.165, 1.54) is 0 Å². The number of methoxy groups -OCH3 is 1. The van der Waals surface area contributed by atoms with E-state index >= 15 is 0 Å². The number of benzene rings is 1. The highest BCUT2D eigenvalue weighted by Crippen LogP contribution is 2.24. The molecule has 0 aliphatic carbocycles. The lowest BCUT2D eigenvalue weighted by Gasteiger charge is -2.14. The molecule has 0 aliphatic heterocycles. The van der Waals surface area contributed by atoms with Crippen molar-refractivity contribution in [2.45, 2.75) is 32.7 Å². The van der Waals surface area contributed by atoms with Gasteiger partial charge in [-0.3, -0.25) is 0 Å². The first-order valence-electron chi connectivity index (χ1n) is 10.4. The average molecular weight is 457 g/mol. The van der Waals surface area contributed by atoms with Crippen LogP contribution in [0.4, 0.5) is 16.3 Å². The number of aromatic nitrogens is 3. The molecule has 3 aromatic rings. The fraction of sp³-hybridized carbons (Fsp3) is 0.348. The molecule has 3 N–H and O–H groups in total. The highest BCUT2D eigenvalue weighted by Gasteiger charge is 2.21. The molecule has 2 amide bonds. The predicted molar refractivity (Wildman–Crippen MR) is 128 cm³/mol. The molecule has 8 nitrogen and oxygen atoms in total. The number of hydrogen-bond acceptors (Lipinski definition) is 5. The minimum absolute atomic E-state index is 0.133. The van der Waals surface area contributed by atoms with E-state index in [1.807, 2.05) is 35.0 Å². The van der Waals surface area contributed by atoms with Crippen molar-refractivity contribution >= 4 is 29.1 Å². The van der Waals surface area contributed by atoms with E-state index in [4.69, 9.17) is 21.4 Å². The monoisotopic (exact) mass is 456 g/mol. The Morgan fingerprint density at radius 1 is 1.19 bits per heavy atom. The van der Waals surface area contributed by atoms with Crippen LogP contribution in [0, 0.1) is 0 Å². The molecule has 0 spiro atoms. The van der Waals surface area contributed by atoms with Crippen molar-refractivity contribution < 1.29 is 9.53 Å². The van der Waals surface area contributed by atoms with Crippen molar-refractivity contribution in [1.29, 1.82) is 0 Å². The summed E-state index contributed by atoms with van der Waals surface area (Å²) < 4.78 is 6.81. The van der Waals surface area contributed by atoms with Crippen LogP contribution in [-0.2, 0) is 16.7 Å². The fourth-order valence-electron chi connectivity index (χ4n) is 2.94. The van der Waals surface area contributed by atoms with Gasteiger partial charge in [-0.15, -0.1) is 0 Å². The third-order valence-corrected chi connectivity index (χ3v) is 4.90. The number of ether oxygens (including phenoxy) is 1. The predicted octanol–water partition coefficient (Wildman–Crippen LogP) is 4.60. The molecule has 0 unspecified atom stereocenters. The van der Waals surface area contributed by atoms with Gasteiger partial charge in [0.15, 0.2) is 0 Å². The SMILES string of the molecule is COCCNc1ccc(NC(=O)NCc2cc(C(C)(C)C)nn2-c2cccc(Cl)c2)cn1. The second-order valence-corrected chi connectivity index (χ2v) is 8.76. The van der Waals surface area contributed by atoms with E-state index in [0.717, 1.165) is 17.1 Å². The molecule has 0 radical (unpaired) electrons. The summed E-state index contributed by atoms with van der Waals surface area (Å²) in [7, 11) is 1.65. The molecule has 32 heavy (non-hydrogen) atoms. The van der Waals surface area contributed by atoms with E-state index in [-0.39, 0.29) is 11.4 Å². The summed E-state index contributed by atoms with van der Waals surface area (Å²) >= 11 is 6.17. The van der Waals surface area contributed by atoms with E-state index in [2.05, 4.69) is 41.7 Å². The Balaban J connectivity index is 1.66. The maximum Gasteiger partial charge on any atom is 0.319 e. The Bertz CT molecular complexity index is 1040. The number of carbonyl (C=O) groups is 1. The quantitative estimate of drug-likeness (QED) is 0.431. The number of urea groups is 1. The first kappa shape index (κ1) is 23.6. The van der Waals surface area contributed by atoms with Crippen molar-refractivity contribution in [3.63, 3.8) is 0 Å². The van der Waals surface area contributed by atoms with Crippen LogP contribution in [0.3, 0.4) is 0 Å². The summed E-state index contributed by atoms with van der Waals surface area (Å²) in [5, 5.41) is 14.2. The van der Waals surface area contributed by atoms with Crippen LogP contribution in [0.2, 0.25) is 5.02 Å². The highest BCUT2D eigenvalue weighted by molar-refractivity contribution is 6.30. The van der Waals surface area contributed by atoms with Crippen LogP contribution in [0.5, 0.6) is 0 Å². The molecule has 170 valence electrons. The molecule has 2 heterocycles. The van der Waals surface area contributed by atoms with Crippen molar-refractivity contribution in [1.82, 2.24) is 20.1 Å². The van der Waals surface area contributed by atoms with Gasteiger partial charge in [-0.2, -0.15) is 5.10 Å². The van der Waals surface area contributed by atoms with Gasteiger partial charge in [0.1, 0.15) is 5.82 Å². The van der Waals surface area contributed by atoms with E-state index in [0.29, 0.717) is 36.2 Å². The normalized spacial score (nSPS) is 11.3. The lowest BCUT2D eigenvalue weighted by Crippen LogP contribution is -2.29. The van der Waals surface area contributed by atoms with E-state index in [9.17, 15) is 4.79 Å². The van der Waals surface area contributed by atoms with E-state index < -0.39 is 0 Å². The molecule has 0 saturated carbocycles. The summed E-state index contributed by atoms with van der Waals surface area (Å²) in [5.74, 6) is 0.716. The van der Waals surface area contributed by atoms with Crippen molar-refractivity contribution in [2.75, 3.05) is 30.9 Å². The van der Waals surface area contributed by atoms with Gasteiger partial charge in [-0.1, -0.05) is 38.4 Å². The largest absolute Gasteiger partial charge is 0.383 e. The Morgan fingerprint density at radius 2 is 2.00 bits per heavy atom. The van der Waals surface area contributed by atoms with Crippen LogP contribution < -0.4 is 16.0 Å². The van der Waals surface area contributed by atoms with Crippen LogP contribution in [0.1, 0.15) is 32.2 Å². The zero-order chi connectivity index (χ0) is 23.1. The molecule has 1 aromatic carbocycles. The Hall–Kier alpha value is -3.10. The lowest BCUT2D eigenvalue weighted by atomic mass is 9.92. The van der Waals surface area contributed by atoms with Crippen molar-refractivity contribution in [3.05, 3.63) is 65.1 Å². The van der Waals surface area contributed by atoms with E-state index in [1.54, 1.807) is 25.4 Å². The van der Waals surface area contributed by atoms with Gasteiger partial charge in [0.2, 0.25) is 0 Å². The third kappa shape index (κ3) is 6.45. The number of carbonyl (C=O) groups excluding carboxylic acids is 1. The minimum atomic E-state index is -0.331. The Labute approximate surface area is 193 Å². The maximum absolute atomic E-state index is 12.5. The van der Waals surface area contributed by atoms with Gasteiger partial charge in [0, 0.05) is 24.1 Å². The van der Waals surface area contributed by atoms with Gasteiger partial charge < -0.3 is 20.7 Å². The fourth-order valence-corrected chi connectivity index (χ4v) is 3.13. The number of nitrogens with zero attached hydrogens (tertiary/aromatic N) is 3. The van der Waals surface area contributed by atoms with Gasteiger partial charge in [0.25, 0.3) is 0 Å². The lowest BCUT2D eigenvalue weighted by molar-refractivity contribution is 0.210. The van der Waals surface area contributed by atoms with Crippen LogP contribution in [0.25, 0.3) is 5.69 Å². The maximum atomic E-state index is 12.5. The number of pyridine rings is 1. The van der Waals surface area contributed by atoms with Crippen molar-refractivity contribution in [3.8, 4) is 5.69 Å². The molecule has 0 atom stereocenters. The van der Waals surface area contributed by atoms with Gasteiger partial charge in [0.05, 0.1) is 42.1 Å². The molecule has 0 bridgehead atoms. The standard InChI is InChI=1S/C23H29ClN6O2/c1-23(2,3)20-13-19(30(29-20)18-7-5-6-16(24)12-18)15-27-22(31)28-17-8-9-21(26-14-17)25-10-11-32-4/h5-9,12-14H,10-11,15H2,1-4H3,(H,25,26)(H2,27,28,31). The van der Waals surface area contributed by atoms with Crippen LogP contribution >= 0.6 is 11.6 Å². The number of amides is 2. The number of rotatable bonds is 8. The van der Waals surface area contributed by atoms with Crippen LogP contribution in [0.15, 0.2) is 48.7 Å². The summed E-state index contributed by atoms with van der Waals surface area (Å²) in [6.45, 7) is 7.85. The van der Waals surface area contributed by atoms with Crippen molar-refractivity contribution in [2.24, 2.45) is 0 Å². The molecule has 0 fully saturated rings. The summed E-state index contributed by atoms with van der Waals surface area (Å²) in [5.41, 5.74) is 3.08. The molecular formula is C23H29ClN6O2. The molecule has 0 aliphatic rings. The molecule has 2 aromatic heterocycles. The number of halogens is 1. The first-order valence-corrected chi connectivity index (χ1v) is 10.7. The first-order chi connectivity index (χ1) is 15.3. The third-order valence-electron chi connectivity index (χ3n) is 4.67. The molecule has 9 heteroatoms. The molecule has 3 rings (SSSR count). The number of nitrogens with one attached hydrogen (secondary N) is 3. The van der Waals surface area contributed by atoms with Crippen LogP contribution in [-0.4, -0.2) is 41.1 Å². The highest BCUT2D eigenvalue weighted by atomic mass is 35.5. The zero-order valence-electron chi connectivity index (χ0n) is 18.8. The molecule has 0 saturated heterocycles.